The van der Waals surface area contributed by atoms with Gasteiger partial charge in [0.05, 0.1) is 0 Å². The predicted octanol–water partition coefficient (Wildman–Crippen LogP) is 2.49. The van der Waals surface area contributed by atoms with Crippen molar-refractivity contribution in [3.63, 3.8) is 0 Å². The molecule has 0 fully saturated rings. The zero-order valence-electron chi connectivity index (χ0n) is 12.0. The Kier molecular flexibility index (Phi) is 3.73. The van der Waals surface area contributed by atoms with E-state index in [-0.39, 0.29) is 5.91 Å². The number of aryl methyl sites for hydroxylation is 2. The molecule has 1 amide bonds. The lowest BCUT2D eigenvalue weighted by Crippen LogP contribution is -2.25. The number of carbonyl (C=O) groups is 1. The molecule has 3 rings (SSSR count). The number of hydrogen-bond donors (Lipinski definition) is 2. The van der Waals surface area contributed by atoms with E-state index in [0.29, 0.717) is 12.2 Å². The number of hydrogen-bond acceptors (Lipinski definition) is 2. The van der Waals surface area contributed by atoms with Crippen molar-refractivity contribution in [3.8, 4) is 0 Å². The van der Waals surface area contributed by atoms with E-state index in [1.165, 1.54) is 0 Å². The molecule has 108 valence electrons. The highest BCUT2D eigenvalue weighted by atomic mass is 16.1. The van der Waals surface area contributed by atoms with Gasteiger partial charge in [0.2, 0.25) is 0 Å². The van der Waals surface area contributed by atoms with Crippen LogP contribution in [-0.2, 0) is 6.54 Å². The quantitative estimate of drug-likeness (QED) is 0.706. The molecule has 21 heavy (non-hydrogen) atoms. The van der Waals surface area contributed by atoms with Gasteiger partial charge in [-0.05, 0) is 25.5 Å². The van der Waals surface area contributed by atoms with E-state index in [0.717, 1.165) is 29.7 Å². The Morgan fingerprint density at radius 3 is 3.00 bits per heavy atom. The van der Waals surface area contributed by atoms with Crippen molar-refractivity contribution in [1.82, 2.24) is 19.9 Å². The number of aromatic amines is 1. The second-order valence-corrected chi connectivity index (χ2v) is 5.05. The minimum Gasteiger partial charge on any atom is -0.351 e. The average Bonchev–Trinajstić information content (AvgIpc) is 3.09. The van der Waals surface area contributed by atoms with Crippen LogP contribution in [0.2, 0.25) is 0 Å². The van der Waals surface area contributed by atoms with Crippen molar-refractivity contribution in [2.24, 2.45) is 0 Å². The maximum Gasteiger partial charge on any atom is 0.267 e. The molecule has 2 heterocycles. The van der Waals surface area contributed by atoms with Gasteiger partial charge >= 0.3 is 0 Å². The first kappa shape index (κ1) is 13.4. The summed E-state index contributed by atoms with van der Waals surface area (Å²) in [6, 6.07) is 9.75. The van der Waals surface area contributed by atoms with Crippen LogP contribution in [-0.4, -0.2) is 27.0 Å². The number of aromatic nitrogens is 3. The van der Waals surface area contributed by atoms with Gasteiger partial charge in [0.1, 0.15) is 11.5 Å². The molecule has 0 radical (unpaired) electrons. The molecule has 0 aliphatic carbocycles. The number of fused-ring (bicyclic) bond motifs is 1. The number of nitrogens with zero attached hydrogens (tertiary/aromatic N) is 2. The van der Waals surface area contributed by atoms with Crippen LogP contribution in [0.15, 0.2) is 42.7 Å². The van der Waals surface area contributed by atoms with Crippen LogP contribution in [0.25, 0.3) is 10.9 Å². The fourth-order valence-electron chi connectivity index (χ4n) is 2.38. The largest absolute Gasteiger partial charge is 0.351 e. The molecule has 5 heteroatoms. The maximum absolute atomic E-state index is 12.1. The third-order valence-electron chi connectivity index (χ3n) is 3.56. The summed E-state index contributed by atoms with van der Waals surface area (Å²) in [7, 11) is 0. The van der Waals surface area contributed by atoms with Gasteiger partial charge in [-0.25, -0.2) is 4.98 Å². The third-order valence-corrected chi connectivity index (χ3v) is 3.56. The van der Waals surface area contributed by atoms with Crippen LogP contribution in [0.4, 0.5) is 0 Å². The summed E-state index contributed by atoms with van der Waals surface area (Å²) in [6.07, 6.45) is 4.62. The van der Waals surface area contributed by atoms with Crippen molar-refractivity contribution in [2.45, 2.75) is 19.9 Å². The lowest BCUT2D eigenvalue weighted by Gasteiger charge is -2.06. The Bertz CT molecular complexity index is 723. The molecule has 1 aromatic carbocycles. The summed E-state index contributed by atoms with van der Waals surface area (Å²) < 4.78 is 2.08. The number of amides is 1. The van der Waals surface area contributed by atoms with Gasteiger partial charge in [-0.15, -0.1) is 0 Å². The minimum atomic E-state index is -0.0615. The van der Waals surface area contributed by atoms with Gasteiger partial charge in [0.25, 0.3) is 5.91 Å². The van der Waals surface area contributed by atoms with E-state index in [1.807, 2.05) is 43.5 Å². The van der Waals surface area contributed by atoms with Crippen molar-refractivity contribution in [3.05, 3.63) is 54.2 Å². The Morgan fingerprint density at radius 1 is 1.38 bits per heavy atom. The summed E-state index contributed by atoms with van der Waals surface area (Å²) in [6.45, 7) is 3.48. The fraction of sp³-hybridized carbons (Fsp3) is 0.250. The van der Waals surface area contributed by atoms with Gasteiger partial charge < -0.3 is 14.9 Å². The standard InChI is InChI=1S/C16H18N4O/c1-12-17-8-10-20(12)9-4-7-18-16(21)15-11-13-5-2-3-6-14(13)19-15/h2-3,5-6,8,10-11,19H,4,7,9H2,1H3,(H,18,21). The molecule has 2 N–H and O–H groups in total. The molecular formula is C16H18N4O. The van der Waals surface area contributed by atoms with E-state index >= 15 is 0 Å². The number of para-hydroxylation sites is 1. The first-order valence-corrected chi connectivity index (χ1v) is 7.08. The van der Waals surface area contributed by atoms with Gasteiger partial charge in [0.15, 0.2) is 0 Å². The summed E-state index contributed by atoms with van der Waals surface area (Å²) in [5.41, 5.74) is 1.59. The van der Waals surface area contributed by atoms with Gasteiger partial charge in [-0.3, -0.25) is 4.79 Å². The van der Waals surface area contributed by atoms with E-state index in [9.17, 15) is 4.79 Å². The van der Waals surface area contributed by atoms with E-state index < -0.39 is 0 Å². The van der Waals surface area contributed by atoms with E-state index in [4.69, 9.17) is 0 Å². The monoisotopic (exact) mass is 282 g/mol. The summed E-state index contributed by atoms with van der Waals surface area (Å²) in [4.78, 5) is 19.4. The predicted molar refractivity (Wildman–Crippen MR) is 82.2 cm³/mol. The normalized spacial score (nSPS) is 10.9. The smallest absolute Gasteiger partial charge is 0.267 e. The molecule has 0 atom stereocenters. The number of imidazole rings is 1. The average molecular weight is 282 g/mol. The highest BCUT2D eigenvalue weighted by molar-refractivity contribution is 5.97. The Labute approximate surface area is 123 Å². The molecule has 0 unspecified atom stereocenters. The summed E-state index contributed by atoms with van der Waals surface area (Å²) in [5, 5.41) is 3.99. The Balaban J connectivity index is 1.53. The highest BCUT2D eigenvalue weighted by Crippen LogP contribution is 2.14. The van der Waals surface area contributed by atoms with E-state index in [2.05, 4.69) is 19.9 Å². The van der Waals surface area contributed by atoms with Crippen molar-refractivity contribution in [2.75, 3.05) is 6.54 Å². The van der Waals surface area contributed by atoms with Crippen LogP contribution in [0.1, 0.15) is 22.7 Å². The SMILES string of the molecule is Cc1nccn1CCCNC(=O)c1cc2ccccc2[nH]1. The van der Waals surface area contributed by atoms with Crippen LogP contribution in [0.5, 0.6) is 0 Å². The van der Waals surface area contributed by atoms with Crippen LogP contribution >= 0.6 is 0 Å². The molecule has 0 spiro atoms. The second-order valence-electron chi connectivity index (χ2n) is 5.05. The molecule has 0 aliphatic rings. The van der Waals surface area contributed by atoms with Gasteiger partial charge in [-0.2, -0.15) is 0 Å². The van der Waals surface area contributed by atoms with Gasteiger partial charge in [-0.1, -0.05) is 18.2 Å². The molecule has 0 saturated carbocycles. The molecule has 5 nitrogen and oxygen atoms in total. The van der Waals surface area contributed by atoms with Crippen molar-refractivity contribution in [1.29, 1.82) is 0 Å². The number of rotatable bonds is 5. The Morgan fingerprint density at radius 2 is 2.24 bits per heavy atom. The topological polar surface area (TPSA) is 62.7 Å². The minimum absolute atomic E-state index is 0.0615. The maximum atomic E-state index is 12.1. The number of carbonyl (C=O) groups excluding carboxylic acids is 1. The van der Waals surface area contributed by atoms with Crippen LogP contribution in [0.3, 0.4) is 0 Å². The van der Waals surface area contributed by atoms with Gasteiger partial charge in [0, 0.05) is 36.4 Å². The molecule has 0 bridgehead atoms. The number of benzene rings is 1. The van der Waals surface area contributed by atoms with Crippen LogP contribution < -0.4 is 5.32 Å². The zero-order chi connectivity index (χ0) is 14.7. The third kappa shape index (κ3) is 2.97. The molecular weight excluding hydrogens is 264 g/mol. The molecule has 3 aromatic rings. The lowest BCUT2D eigenvalue weighted by molar-refractivity contribution is 0.0948. The molecule has 0 saturated heterocycles. The summed E-state index contributed by atoms with van der Waals surface area (Å²) in [5.74, 6) is 0.936. The van der Waals surface area contributed by atoms with Crippen molar-refractivity contribution < 1.29 is 4.79 Å². The fourth-order valence-corrected chi connectivity index (χ4v) is 2.38. The first-order valence-electron chi connectivity index (χ1n) is 7.08. The number of H-pyrrole nitrogens is 1. The van der Waals surface area contributed by atoms with E-state index in [1.54, 1.807) is 6.20 Å². The summed E-state index contributed by atoms with van der Waals surface area (Å²) >= 11 is 0. The first-order chi connectivity index (χ1) is 10.2. The molecule has 0 aliphatic heterocycles. The second kappa shape index (κ2) is 5.83. The molecule has 2 aromatic heterocycles. The zero-order valence-corrected chi connectivity index (χ0v) is 12.0. The number of nitrogens with one attached hydrogen (secondary N) is 2. The van der Waals surface area contributed by atoms with Crippen LogP contribution in [0, 0.1) is 6.92 Å². The lowest BCUT2D eigenvalue weighted by atomic mass is 10.2. The van der Waals surface area contributed by atoms with Crippen molar-refractivity contribution >= 4 is 16.8 Å². The Hall–Kier alpha value is -2.56. The highest BCUT2D eigenvalue weighted by Gasteiger charge is 2.08.